The molecule has 0 spiro atoms. The molecule has 19 heavy (non-hydrogen) atoms. The molecule has 0 saturated carbocycles. The van der Waals surface area contributed by atoms with E-state index in [1.807, 2.05) is 56.2 Å². The molecular formula is C14H24IN3O. The molecule has 0 atom stereocenters. The second-order valence-electron chi connectivity index (χ2n) is 4.51. The predicted molar refractivity (Wildman–Crippen MR) is 91.2 cm³/mol. The van der Waals surface area contributed by atoms with Crippen LogP contribution in [0.4, 0.5) is 0 Å². The zero-order valence-electron chi connectivity index (χ0n) is 12.2. The number of halogens is 1. The molecular weight excluding hydrogens is 353 g/mol. The SMILES string of the molecule is CN(C)C(=NCCOCc1ccccc1)N(C)C.I. The summed E-state index contributed by atoms with van der Waals surface area (Å²) in [5.74, 6) is 0.957. The Kier molecular flexibility index (Phi) is 9.59. The molecule has 1 aromatic carbocycles. The summed E-state index contributed by atoms with van der Waals surface area (Å²) in [6.45, 7) is 1.97. The van der Waals surface area contributed by atoms with E-state index >= 15 is 0 Å². The van der Waals surface area contributed by atoms with Gasteiger partial charge in [0, 0.05) is 28.2 Å². The van der Waals surface area contributed by atoms with Gasteiger partial charge >= 0.3 is 0 Å². The van der Waals surface area contributed by atoms with E-state index in [1.165, 1.54) is 5.56 Å². The van der Waals surface area contributed by atoms with Gasteiger partial charge in [0.2, 0.25) is 0 Å². The fraction of sp³-hybridized carbons (Fsp3) is 0.500. The molecule has 0 unspecified atom stereocenters. The summed E-state index contributed by atoms with van der Waals surface area (Å²) < 4.78 is 5.59. The van der Waals surface area contributed by atoms with E-state index < -0.39 is 0 Å². The summed E-state index contributed by atoms with van der Waals surface area (Å²) in [5.41, 5.74) is 1.20. The monoisotopic (exact) mass is 377 g/mol. The Labute approximate surface area is 133 Å². The smallest absolute Gasteiger partial charge is 0.195 e. The lowest BCUT2D eigenvalue weighted by Gasteiger charge is -2.22. The maximum atomic E-state index is 5.59. The lowest BCUT2D eigenvalue weighted by Crippen LogP contribution is -2.35. The number of hydrogen-bond donors (Lipinski definition) is 0. The van der Waals surface area contributed by atoms with Crippen LogP contribution in [0.1, 0.15) is 5.56 Å². The molecule has 0 aliphatic carbocycles. The second kappa shape index (κ2) is 10.0. The predicted octanol–water partition coefficient (Wildman–Crippen LogP) is 2.30. The van der Waals surface area contributed by atoms with E-state index in [0.29, 0.717) is 19.8 Å². The lowest BCUT2D eigenvalue weighted by molar-refractivity contribution is 0.128. The molecule has 0 fully saturated rings. The molecule has 0 bridgehead atoms. The van der Waals surface area contributed by atoms with Gasteiger partial charge in [-0.05, 0) is 5.56 Å². The molecule has 0 heterocycles. The molecule has 108 valence electrons. The maximum absolute atomic E-state index is 5.59. The Morgan fingerprint density at radius 3 is 2.16 bits per heavy atom. The molecule has 0 aliphatic heterocycles. The number of rotatable bonds is 5. The minimum absolute atomic E-state index is 0. The number of nitrogens with zero attached hydrogens (tertiary/aromatic N) is 3. The normalized spacial score (nSPS) is 9.47. The molecule has 1 rings (SSSR count). The van der Waals surface area contributed by atoms with Gasteiger partial charge in [-0.25, -0.2) is 0 Å². The summed E-state index contributed by atoms with van der Waals surface area (Å²) in [6, 6.07) is 10.2. The van der Waals surface area contributed by atoms with Crippen molar-refractivity contribution in [3.63, 3.8) is 0 Å². The van der Waals surface area contributed by atoms with Crippen molar-refractivity contribution < 1.29 is 4.74 Å². The summed E-state index contributed by atoms with van der Waals surface area (Å²) in [7, 11) is 7.96. The number of benzene rings is 1. The Balaban J connectivity index is 0.00000324. The van der Waals surface area contributed by atoms with Crippen LogP contribution >= 0.6 is 24.0 Å². The average Bonchev–Trinajstić information content (AvgIpc) is 2.34. The van der Waals surface area contributed by atoms with Gasteiger partial charge in [0.25, 0.3) is 0 Å². The van der Waals surface area contributed by atoms with Crippen molar-refractivity contribution in [1.29, 1.82) is 0 Å². The first-order valence-corrected chi connectivity index (χ1v) is 6.12. The van der Waals surface area contributed by atoms with Gasteiger partial charge in [-0.15, -0.1) is 24.0 Å². The van der Waals surface area contributed by atoms with Crippen LogP contribution < -0.4 is 0 Å². The highest BCUT2D eigenvalue weighted by Crippen LogP contribution is 2.00. The van der Waals surface area contributed by atoms with E-state index in [1.54, 1.807) is 0 Å². The minimum Gasteiger partial charge on any atom is -0.375 e. The van der Waals surface area contributed by atoms with Gasteiger partial charge in [0.05, 0.1) is 19.8 Å². The first-order valence-electron chi connectivity index (χ1n) is 6.12. The van der Waals surface area contributed by atoms with Crippen molar-refractivity contribution >= 4 is 29.9 Å². The van der Waals surface area contributed by atoms with E-state index in [0.717, 1.165) is 5.96 Å². The van der Waals surface area contributed by atoms with Crippen molar-refractivity contribution in [3.8, 4) is 0 Å². The third-order valence-corrected chi connectivity index (χ3v) is 2.40. The Morgan fingerprint density at radius 2 is 1.63 bits per heavy atom. The maximum Gasteiger partial charge on any atom is 0.195 e. The van der Waals surface area contributed by atoms with Crippen LogP contribution in [0, 0.1) is 0 Å². The molecule has 0 saturated heterocycles. The van der Waals surface area contributed by atoms with E-state index in [-0.39, 0.29) is 24.0 Å². The zero-order chi connectivity index (χ0) is 13.4. The van der Waals surface area contributed by atoms with Gasteiger partial charge in [-0.3, -0.25) is 4.99 Å². The Hall–Kier alpha value is -0.820. The third-order valence-electron chi connectivity index (χ3n) is 2.40. The Bertz CT molecular complexity index is 356. The van der Waals surface area contributed by atoms with Crippen LogP contribution in [0.5, 0.6) is 0 Å². The fourth-order valence-corrected chi connectivity index (χ4v) is 1.66. The lowest BCUT2D eigenvalue weighted by atomic mass is 10.2. The van der Waals surface area contributed by atoms with E-state index in [2.05, 4.69) is 17.1 Å². The molecule has 5 heteroatoms. The average molecular weight is 377 g/mol. The topological polar surface area (TPSA) is 28.1 Å². The molecule has 0 N–H and O–H groups in total. The zero-order valence-corrected chi connectivity index (χ0v) is 14.5. The first kappa shape index (κ1) is 18.2. The van der Waals surface area contributed by atoms with Crippen LogP contribution in [-0.4, -0.2) is 57.1 Å². The van der Waals surface area contributed by atoms with Gasteiger partial charge in [-0.2, -0.15) is 0 Å². The van der Waals surface area contributed by atoms with Gasteiger partial charge in [0.15, 0.2) is 5.96 Å². The van der Waals surface area contributed by atoms with E-state index in [9.17, 15) is 0 Å². The second-order valence-corrected chi connectivity index (χ2v) is 4.51. The van der Waals surface area contributed by atoms with Crippen LogP contribution in [0.25, 0.3) is 0 Å². The molecule has 4 nitrogen and oxygen atoms in total. The van der Waals surface area contributed by atoms with Gasteiger partial charge in [0.1, 0.15) is 0 Å². The van der Waals surface area contributed by atoms with Crippen LogP contribution in [-0.2, 0) is 11.3 Å². The minimum atomic E-state index is 0. The quantitative estimate of drug-likeness (QED) is 0.341. The number of aliphatic imine (C=N–C) groups is 1. The van der Waals surface area contributed by atoms with Crippen molar-refractivity contribution in [2.24, 2.45) is 4.99 Å². The molecule has 1 aromatic rings. The van der Waals surface area contributed by atoms with Crippen LogP contribution in [0.3, 0.4) is 0 Å². The number of ether oxygens (including phenoxy) is 1. The molecule has 0 aromatic heterocycles. The van der Waals surface area contributed by atoms with Gasteiger partial charge < -0.3 is 14.5 Å². The largest absolute Gasteiger partial charge is 0.375 e. The highest BCUT2D eigenvalue weighted by Gasteiger charge is 2.02. The highest BCUT2D eigenvalue weighted by molar-refractivity contribution is 14.0. The summed E-state index contributed by atoms with van der Waals surface area (Å²) in [5, 5.41) is 0. The molecule has 0 aliphatic rings. The number of hydrogen-bond acceptors (Lipinski definition) is 2. The molecule has 0 radical (unpaired) electrons. The third kappa shape index (κ3) is 7.37. The van der Waals surface area contributed by atoms with Crippen molar-refractivity contribution in [2.75, 3.05) is 41.3 Å². The Morgan fingerprint density at radius 1 is 1.05 bits per heavy atom. The standard InChI is InChI=1S/C14H23N3O.HI/c1-16(2)14(17(3)4)15-10-11-18-12-13-8-6-5-7-9-13;/h5-9H,10-12H2,1-4H3;1H. The van der Waals surface area contributed by atoms with Crippen molar-refractivity contribution in [3.05, 3.63) is 35.9 Å². The fourth-order valence-electron chi connectivity index (χ4n) is 1.66. The van der Waals surface area contributed by atoms with Crippen molar-refractivity contribution in [2.45, 2.75) is 6.61 Å². The number of guanidine groups is 1. The summed E-state index contributed by atoms with van der Waals surface area (Å²) >= 11 is 0. The first-order chi connectivity index (χ1) is 8.61. The summed E-state index contributed by atoms with van der Waals surface area (Å²) in [6.07, 6.45) is 0. The van der Waals surface area contributed by atoms with Crippen LogP contribution in [0.2, 0.25) is 0 Å². The van der Waals surface area contributed by atoms with Gasteiger partial charge in [-0.1, -0.05) is 30.3 Å². The van der Waals surface area contributed by atoms with E-state index in [4.69, 9.17) is 4.74 Å². The van der Waals surface area contributed by atoms with Crippen molar-refractivity contribution in [1.82, 2.24) is 9.80 Å². The molecule has 0 amide bonds. The summed E-state index contributed by atoms with van der Waals surface area (Å²) in [4.78, 5) is 8.49. The highest BCUT2D eigenvalue weighted by atomic mass is 127. The van der Waals surface area contributed by atoms with Crippen LogP contribution in [0.15, 0.2) is 35.3 Å².